The van der Waals surface area contributed by atoms with Crippen LogP contribution in [0, 0.1) is 0 Å². The summed E-state index contributed by atoms with van der Waals surface area (Å²) in [5.74, 6) is 0.760. The van der Waals surface area contributed by atoms with Crippen molar-refractivity contribution in [3.8, 4) is 11.1 Å². The van der Waals surface area contributed by atoms with E-state index in [1.807, 2.05) is 35.1 Å². The molecule has 0 unspecified atom stereocenters. The number of aryl methyl sites for hydroxylation is 1. The minimum atomic E-state index is 0.649. The van der Waals surface area contributed by atoms with Crippen molar-refractivity contribution in [2.45, 2.75) is 25.9 Å². The molecule has 3 aromatic rings. The smallest absolute Gasteiger partial charge is 0.168 e. The minimum Gasteiger partial charge on any atom is -0.363 e. The summed E-state index contributed by atoms with van der Waals surface area (Å²) in [5, 5.41) is 12.3. The third-order valence-corrected chi connectivity index (χ3v) is 4.28. The van der Waals surface area contributed by atoms with Crippen LogP contribution in [0.2, 0.25) is 5.02 Å². The number of nitrogens with zero attached hydrogens (tertiary/aromatic N) is 3. The van der Waals surface area contributed by atoms with Crippen molar-refractivity contribution in [3.63, 3.8) is 0 Å². The highest BCUT2D eigenvalue weighted by atomic mass is 35.5. The summed E-state index contributed by atoms with van der Waals surface area (Å²) in [6.45, 7) is 2.19. The lowest BCUT2D eigenvalue weighted by Crippen LogP contribution is -2.03. The number of hydrogen-bond acceptors (Lipinski definition) is 4. The molecule has 6 heteroatoms. The van der Waals surface area contributed by atoms with E-state index in [0.717, 1.165) is 46.9 Å². The molecule has 3 rings (SSSR count). The molecule has 0 amide bonds. The van der Waals surface area contributed by atoms with Crippen LogP contribution in [0.1, 0.15) is 18.4 Å². The summed E-state index contributed by atoms with van der Waals surface area (Å²) < 4.78 is 1.84. The number of halogens is 1. The van der Waals surface area contributed by atoms with E-state index in [1.54, 1.807) is 0 Å². The standard InChI is InChI=1S/C19H22ClN5/c20-18-12-15(8-9-17(18)16-6-2-1-3-7-16)13-22-19-14-25(24-23-19)11-5-4-10-21/h1-3,6-9,12,14,22H,4-5,10-11,13,21H2. The summed E-state index contributed by atoms with van der Waals surface area (Å²) in [7, 11) is 0. The number of aromatic nitrogens is 3. The molecule has 0 aliphatic heterocycles. The molecule has 1 heterocycles. The zero-order chi connectivity index (χ0) is 17.5. The Morgan fingerprint density at radius 2 is 1.92 bits per heavy atom. The predicted molar refractivity (Wildman–Crippen MR) is 103 cm³/mol. The molecule has 0 radical (unpaired) electrons. The molecule has 3 N–H and O–H groups in total. The third-order valence-electron chi connectivity index (χ3n) is 3.97. The first-order valence-corrected chi connectivity index (χ1v) is 8.82. The lowest BCUT2D eigenvalue weighted by atomic mass is 10.0. The van der Waals surface area contributed by atoms with Crippen LogP contribution >= 0.6 is 11.6 Å². The van der Waals surface area contributed by atoms with Gasteiger partial charge in [0.05, 0.1) is 6.20 Å². The molecular weight excluding hydrogens is 334 g/mol. The van der Waals surface area contributed by atoms with Gasteiger partial charge in [0, 0.05) is 23.7 Å². The van der Waals surface area contributed by atoms with Crippen LogP contribution in [-0.4, -0.2) is 21.5 Å². The molecule has 2 aromatic carbocycles. The number of nitrogens with two attached hydrogens (primary N) is 1. The number of anilines is 1. The first-order valence-electron chi connectivity index (χ1n) is 8.44. The van der Waals surface area contributed by atoms with Crippen LogP contribution in [0.25, 0.3) is 11.1 Å². The van der Waals surface area contributed by atoms with Crippen molar-refractivity contribution >= 4 is 17.4 Å². The summed E-state index contributed by atoms with van der Waals surface area (Å²) in [5.41, 5.74) is 8.76. The van der Waals surface area contributed by atoms with Crippen LogP contribution < -0.4 is 11.1 Å². The molecule has 0 atom stereocenters. The molecular formula is C19H22ClN5. The van der Waals surface area contributed by atoms with Crippen molar-refractivity contribution < 1.29 is 0 Å². The van der Waals surface area contributed by atoms with Gasteiger partial charge in [-0.2, -0.15) is 0 Å². The van der Waals surface area contributed by atoms with Crippen molar-refractivity contribution in [1.82, 2.24) is 15.0 Å². The second-order valence-electron chi connectivity index (χ2n) is 5.90. The van der Waals surface area contributed by atoms with Gasteiger partial charge in [-0.05, 0) is 36.6 Å². The van der Waals surface area contributed by atoms with Crippen molar-refractivity contribution in [1.29, 1.82) is 0 Å². The topological polar surface area (TPSA) is 68.8 Å². The maximum Gasteiger partial charge on any atom is 0.168 e. The van der Waals surface area contributed by atoms with E-state index in [2.05, 4.69) is 39.9 Å². The Morgan fingerprint density at radius 3 is 2.68 bits per heavy atom. The van der Waals surface area contributed by atoms with Crippen LogP contribution in [0.3, 0.4) is 0 Å². The van der Waals surface area contributed by atoms with E-state index in [4.69, 9.17) is 17.3 Å². The zero-order valence-electron chi connectivity index (χ0n) is 14.0. The second kappa shape index (κ2) is 8.65. The number of nitrogens with one attached hydrogen (secondary N) is 1. The Balaban J connectivity index is 1.59. The fourth-order valence-electron chi connectivity index (χ4n) is 2.62. The van der Waals surface area contributed by atoms with Gasteiger partial charge in [-0.1, -0.05) is 59.3 Å². The Labute approximate surface area is 152 Å². The molecule has 0 aliphatic carbocycles. The highest BCUT2D eigenvalue weighted by Gasteiger charge is 2.05. The van der Waals surface area contributed by atoms with Crippen molar-refractivity contribution in [2.24, 2.45) is 5.73 Å². The van der Waals surface area contributed by atoms with Crippen molar-refractivity contribution in [2.75, 3.05) is 11.9 Å². The number of benzene rings is 2. The Bertz CT molecular complexity index is 801. The number of hydrogen-bond donors (Lipinski definition) is 2. The molecule has 0 bridgehead atoms. The zero-order valence-corrected chi connectivity index (χ0v) is 14.8. The third kappa shape index (κ3) is 4.81. The van der Waals surface area contributed by atoms with Crippen LogP contribution in [-0.2, 0) is 13.1 Å². The van der Waals surface area contributed by atoms with Crippen molar-refractivity contribution in [3.05, 3.63) is 65.3 Å². The minimum absolute atomic E-state index is 0.649. The molecule has 1 aromatic heterocycles. The van der Waals surface area contributed by atoms with E-state index in [0.29, 0.717) is 13.1 Å². The first kappa shape index (κ1) is 17.5. The van der Waals surface area contributed by atoms with E-state index in [1.165, 1.54) is 0 Å². The number of rotatable bonds is 8. The molecule has 0 fully saturated rings. The summed E-state index contributed by atoms with van der Waals surface area (Å²) >= 11 is 6.45. The normalized spacial score (nSPS) is 10.8. The van der Waals surface area contributed by atoms with E-state index in [9.17, 15) is 0 Å². The molecule has 0 saturated carbocycles. The molecule has 5 nitrogen and oxygen atoms in total. The largest absolute Gasteiger partial charge is 0.363 e. The fourth-order valence-corrected chi connectivity index (χ4v) is 2.93. The van der Waals surface area contributed by atoms with Gasteiger partial charge < -0.3 is 11.1 Å². The fraction of sp³-hybridized carbons (Fsp3) is 0.263. The van der Waals surface area contributed by atoms with E-state index in [-0.39, 0.29) is 0 Å². The van der Waals surface area contributed by atoms with Gasteiger partial charge in [0.2, 0.25) is 0 Å². The van der Waals surface area contributed by atoms with Gasteiger partial charge in [0.1, 0.15) is 0 Å². The maximum atomic E-state index is 6.45. The summed E-state index contributed by atoms with van der Waals surface area (Å²) in [6, 6.07) is 16.3. The molecule has 0 saturated heterocycles. The van der Waals surface area contributed by atoms with Gasteiger partial charge in [0.15, 0.2) is 5.82 Å². The molecule has 130 valence electrons. The average molecular weight is 356 g/mol. The SMILES string of the molecule is NCCCCn1cc(NCc2ccc(-c3ccccc3)c(Cl)c2)nn1. The monoisotopic (exact) mass is 355 g/mol. The predicted octanol–water partition coefficient (Wildman–Crippen LogP) is 3.95. The molecule has 0 spiro atoms. The van der Waals surface area contributed by atoms with Gasteiger partial charge >= 0.3 is 0 Å². The maximum absolute atomic E-state index is 6.45. The summed E-state index contributed by atoms with van der Waals surface area (Å²) in [6.07, 6.45) is 3.92. The van der Waals surface area contributed by atoms with Crippen LogP contribution in [0.4, 0.5) is 5.82 Å². The van der Waals surface area contributed by atoms with Gasteiger partial charge in [-0.25, -0.2) is 0 Å². The Kier molecular flexibility index (Phi) is 6.04. The highest BCUT2D eigenvalue weighted by Crippen LogP contribution is 2.28. The second-order valence-corrected chi connectivity index (χ2v) is 6.30. The Morgan fingerprint density at radius 1 is 1.08 bits per heavy atom. The van der Waals surface area contributed by atoms with Crippen LogP contribution in [0.15, 0.2) is 54.7 Å². The van der Waals surface area contributed by atoms with Gasteiger partial charge in [-0.15, -0.1) is 5.10 Å². The Hall–Kier alpha value is -2.37. The highest BCUT2D eigenvalue weighted by molar-refractivity contribution is 6.33. The lowest BCUT2D eigenvalue weighted by Gasteiger charge is -2.08. The quantitative estimate of drug-likeness (QED) is 0.600. The lowest BCUT2D eigenvalue weighted by molar-refractivity contribution is 0.544. The average Bonchev–Trinajstić information content (AvgIpc) is 3.09. The van der Waals surface area contributed by atoms with E-state index < -0.39 is 0 Å². The van der Waals surface area contributed by atoms with E-state index >= 15 is 0 Å². The molecule has 25 heavy (non-hydrogen) atoms. The van der Waals surface area contributed by atoms with Gasteiger partial charge in [-0.3, -0.25) is 4.68 Å². The number of unbranched alkanes of at least 4 members (excludes halogenated alkanes) is 1. The summed E-state index contributed by atoms with van der Waals surface area (Å²) in [4.78, 5) is 0. The van der Waals surface area contributed by atoms with Gasteiger partial charge in [0.25, 0.3) is 0 Å². The van der Waals surface area contributed by atoms with Crippen LogP contribution in [0.5, 0.6) is 0 Å². The molecule has 0 aliphatic rings. The first-order chi connectivity index (χ1) is 12.3.